The van der Waals surface area contributed by atoms with Crippen molar-refractivity contribution in [2.24, 2.45) is 4.99 Å². The van der Waals surface area contributed by atoms with Crippen molar-refractivity contribution >= 4 is 21.7 Å². The molecule has 0 spiro atoms. The van der Waals surface area contributed by atoms with E-state index >= 15 is 0 Å². The number of hydrogen-bond donors (Lipinski definition) is 2. The van der Waals surface area contributed by atoms with E-state index in [1.807, 2.05) is 31.2 Å². The summed E-state index contributed by atoms with van der Waals surface area (Å²) < 4.78 is 24.8. The molecule has 0 amide bonds. The maximum absolute atomic E-state index is 11.7. The van der Waals surface area contributed by atoms with Crippen LogP contribution in [0.4, 0.5) is 5.69 Å². The molecule has 2 aromatic carbocycles. The van der Waals surface area contributed by atoms with Gasteiger partial charge in [0, 0.05) is 12.5 Å². The van der Waals surface area contributed by atoms with E-state index in [0.717, 1.165) is 17.5 Å². The predicted octanol–water partition coefficient (Wildman–Crippen LogP) is 3.05. The Morgan fingerprint density at radius 3 is 2.48 bits per heavy atom. The van der Waals surface area contributed by atoms with Gasteiger partial charge in [0.1, 0.15) is 11.4 Å². The van der Waals surface area contributed by atoms with Crippen LogP contribution < -0.4 is 0 Å². The van der Waals surface area contributed by atoms with Crippen molar-refractivity contribution in [3.63, 3.8) is 0 Å². The lowest BCUT2D eigenvalue weighted by Crippen LogP contribution is -1.98. The second-order valence-electron chi connectivity index (χ2n) is 6.20. The summed E-state index contributed by atoms with van der Waals surface area (Å²) in [6, 6.07) is 11.3. The summed E-state index contributed by atoms with van der Waals surface area (Å²) in [7, 11) is -3.43. The highest BCUT2D eigenvalue weighted by Gasteiger charge is 2.16. The van der Waals surface area contributed by atoms with Crippen molar-refractivity contribution in [2.75, 3.05) is 6.26 Å². The normalized spacial score (nSPS) is 12.0. The molecular weight excluding hydrogens is 366 g/mol. The SMILES string of the molecule is Cc1ccccc1-n1nc(C)c(/C=N/c2cc(S(C)(=O)=O)ccc2O)c1O. The minimum absolute atomic E-state index is 0.0454. The van der Waals surface area contributed by atoms with E-state index in [2.05, 4.69) is 10.1 Å². The van der Waals surface area contributed by atoms with E-state index in [4.69, 9.17) is 0 Å². The zero-order valence-corrected chi connectivity index (χ0v) is 15.9. The number of aryl methyl sites for hydroxylation is 2. The molecule has 1 heterocycles. The van der Waals surface area contributed by atoms with Gasteiger partial charge in [0.05, 0.1) is 21.8 Å². The lowest BCUT2D eigenvalue weighted by molar-refractivity contribution is 0.432. The smallest absolute Gasteiger partial charge is 0.223 e. The molecule has 0 saturated carbocycles. The molecule has 0 radical (unpaired) electrons. The number of benzene rings is 2. The van der Waals surface area contributed by atoms with Crippen molar-refractivity contribution < 1.29 is 18.6 Å². The summed E-state index contributed by atoms with van der Waals surface area (Å²) in [6.07, 6.45) is 2.43. The van der Waals surface area contributed by atoms with Gasteiger partial charge < -0.3 is 10.2 Å². The second kappa shape index (κ2) is 6.88. The number of aliphatic imine (C=N–C) groups is 1. The van der Waals surface area contributed by atoms with Gasteiger partial charge in [-0.25, -0.2) is 13.1 Å². The van der Waals surface area contributed by atoms with E-state index in [9.17, 15) is 18.6 Å². The van der Waals surface area contributed by atoms with Gasteiger partial charge in [0.15, 0.2) is 9.84 Å². The highest BCUT2D eigenvalue weighted by Crippen LogP contribution is 2.30. The monoisotopic (exact) mass is 385 g/mol. The number of para-hydroxylation sites is 1. The number of sulfone groups is 1. The van der Waals surface area contributed by atoms with Crippen LogP contribution in [0.5, 0.6) is 11.6 Å². The van der Waals surface area contributed by atoms with Gasteiger partial charge in [-0.05, 0) is 43.7 Å². The first kappa shape index (κ1) is 18.7. The highest BCUT2D eigenvalue weighted by molar-refractivity contribution is 7.90. The Labute approximate surface area is 157 Å². The van der Waals surface area contributed by atoms with Crippen molar-refractivity contribution in [1.82, 2.24) is 9.78 Å². The molecule has 0 aliphatic rings. The molecule has 7 nitrogen and oxygen atoms in total. The van der Waals surface area contributed by atoms with Gasteiger partial charge in [-0.3, -0.25) is 4.99 Å². The molecule has 0 unspecified atom stereocenters. The zero-order valence-electron chi connectivity index (χ0n) is 15.1. The van der Waals surface area contributed by atoms with Crippen LogP contribution in [0.2, 0.25) is 0 Å². The average molecular weight is 385 g/mol. The maximum atomic E-state index is 11.7. The Bertz CT molecular complexity index is 1150. The second-order valence-corrected chi connectivity index (χ2v) is 8.22. The van der Waals surface area contributed by atoms with Gasteiger partial charge in [0.2, 0.25) is 5.88 Å². The largest absolute Gasteiger partial charge is 0.506 e. The molecule has 3 rings (SSSR count). The van der Waals surface area contributed by atoms with Crippen molar-refractivity contribution in [2.45, 2.75) is 18.7 Å². The summed E-state index contributed by atoms with van der Waals surface area (Å²) >= 11 is 0. The minimum atomic E-state index is -3.43. The Kier molecular flexibility index (Phi) is 4.75. The van der Waals surface area contributed by atoms with Gasteiger partial charge >= 0.3 is 0 Å². The van der Waals surface area contributed by atoms with Crippen LogP contribution in [-0.4, -0.2) is 40.9 Å². The number of hydrogen-bond acceptors (Lipinski definition) is 6. The summed E-state index contributed by atoms with van der Waals surface area (Å²) in [5.41, 5.74) is 2.68. The molecular formula is C19H19N3O4S. The number of rotatable bonds is 4. The van der Waals surface area contributed by atoms with E-state index in [0.29, 0.717) is 11.3 Å². The zero-order chi connectivity index (χ0) is 19.8. The van der Waals surface area contributed by atoms with Crippen LogP contribution in [0, 0.1) is 13.8 Å². The molecule has 27 heavy (non-hydrogen) atoms. The molecule has 3 aromatic rings. The van der Waals surface area contributed by atoms with Crippen molar-refractivity contribution in [3.8, 4) is 17.3 Å². The van der Waals surface area contributed by atoms with Gasteiger partial charge in [-0.2, -0.15) is 5.10 Å². The standard InChI is InChI=1S/C19H19N3O4S/c1-12-6-4-5-7-17(12)22-19(24)15(13(2)21-22)11-20-16-10-14(27(3,25)26)8-9-18(16)23/h4-11,23-24H,1-3H3/b20-11+. The quantitative estimate of drug-likeness (QED) is 0.672. The fraction of sp³-hybridized carbons (Fsp3) is 0.158. The van der Waals surface area contributed by atoms with Crippen LogP contribution in [0.1, 0.15) is 16.8 Å². The molecule has 1 aromatic heterocycles. The topological polar surface area (TPSA) is 105 Å². The number of phenolic OH excluding ortho intramolecular Hbond substituents is 1. The fourth-order valence-electron chi connectivity index (χ4n) is 2.62. The first-order valence-electron chi connectivity index (χ1n) is 8.10. The predicted molar refractivity (Wildman–Crippen MR) is 103 cm³/mol. The average Bonchev–Trinajstić information content (AvgIpc) is 2.88. The summed E-state index contributed by atoms with van der Waals surface area (Å²) in [5.74, 6) is -0.258. The van der Waals surface area contributed by atoms with E-state index in [1.54, 1.807) is 6.92 Å². The number of nitrogens with zero attached hydrogens (tertiary/aromatic N) is 3. The van der Waals surface area contributed by atoms with Crippen LogP contribution in [-0.2, 0) is 9.84 Å². The highest BCUT2D eigenvalue weighted by atomic mass is 32.2. The molecule has 0 bridgehead atoms. The Morgan fingerprint density at radius 2 is 1.81 bits per heavy atom. The summed E-state index contributed by atoms with van der Waals surface area (Å²) in [5, 5.41) is 24.9. The van der Waals surface area contributed by atoms with Crippen LogP contribution >= 0.6 is 0 Å². The number of aromatic hydroxyl groups is 2. The summed E-state index contributed by atoms with van der Waals surface area (Å²) in [6.45, 7) is 3.64. The van der Waals surface area contributed by atoms with Gasteiger partial charge in [-0.15, -0.1) is 0 Å². The van der Waals surface area contributed by atoms with Crippen LogP contribution in [0.25, 0.3) is 5.69 Å². The molecule has 0 saturated heterocycles. The van der Waals surface area contributed by atoms with Crippen LogP contribution in [0.3, 0.4) is 0 Å². The Hall–Kier alpha value is -3.13. The van der Waals surface area contributed by atoms with Crippen molar-refractivity contribution in [1.29, 1.82) is 0 Å². The fourth-order valence-corrected chi connectivity index (χ4v) is 3.26. The van der Waals surface area contributed by atoms with Crippen molar-refractivity contribution in [3.05, 3.63) is 59.3 Å². The first-order chi connectivity index (χ1) is 12.7. The molecule has 140 valence electrons. The maximum Gasteiger partial charge on any atom is 0.223 e. The van der Waals surface area contributed by atoms with Crippen LogP contribution in [0.15, 0.2) is 52.4 Å². The minimum Gasteiger partial charge on any atom is -0.506 e. The molecule has 0 atom stereocenters. The molecule has 2 N–H and O–H groups in total. The molecule has 0 fully saturated rings. The number of phenols is 1. The third kappa shape index (κ3) is 3.70. The van der Waals surface area contributed by atoms with Gasteiger partial charge in [-0.1, -0.05) is 18.2 Å². The third-order valence-electron chi connectivity index (χ3n) is 4.13. The Morgan fingerprint density at radius 1 is 1.11 bits per heavy atom. The van der Waals surface area contributed by atoms with Gasteiger partial charge in [0.25, 0.3) is 0 Å². The third-order valence-corrected chi connectivity index (χ3v) is 5.24. The lowest BCUT2D eigenvalue weighted by atomic mass is 10.2. The molecule has 8 heteroatoms. The summed E-state index contributed by atoms with van der Waals surface area (Å²) in [4.78, 5) is 4.19. The number of aromatic nitrogens is 2. The lowest BCUT2D eigenvalue weighted by Gasteiger charge is -2.06. The molecule has 0 aliphatic heterocycles. The first-order valence-corrected chi connectivity index (χ1v) is 9.99. The Balaban J connectivity index is 2.04. The van der Waals surface area contributed by atoms with E-state index in [1.165, 1.54) is 29.1 Å². The van der Waals surface area contributed by atoms with E-state index in [-0.39, 0.29) is 22.2 Å². The van der Waals surface area contributed by atoms with E-state index < -0.39 is 9.84 Å². The molecule has 0 aliphatic carbocycles.